The van der Waals surface area contributed by atoms with Gasteiger partial charge in [0.1, 0.15) is 5.75 Å². The van der Waals surface area contributed by atoms with Crippen LogP contribution in [0.5, 0.6) is 5.75 Å². The Kier molecular flexibility index (Phi) is 4.28. The Bertz CT molecular complexity index is 1250. The molecule has 1 aliphatic heterocycles. The molecule has 1 aliphatic rings. The number of Topliss-reactive ketones (excluding diaryl/α,β-unsaturated/α-hetero) is 1. The van der Waals surface area contributed by atoms with Crippen molar-refractivity contribution in [1.29, 1.82) is 0 Å². The highest BCUT2D eigenvalue weighted by Crippen LogP contribution is 2.31. The lowest BCUT2D eigenvalue weighted by Crippen LogP contribution is -2.25. The van der Waals surface area contributed by atoms with E-state index in [1.165, 1.54) is 11.8 Å². The number of anilines is 1. The molecule has 0 aliphatic carbocycles. The number of carbonyl (C=O) groups excluding carboxylic acids is 2. The lowest BCUT2D eigenvalue weighted by molar-refractivity contribution is -0.118. The molecule has 4 aromatic rings. The number of ether oxygens (including phenoxy) is 1. The molecule has 0 radical (unpaired) electrons. The summed E-state index contributed by atoms with van der Waals surface area (Å²) in [6.07, 6.45) is 1.82. The summed E-state index contributed by atoms with van der Waals surface area (Å²) in [6.45, 7) is -0.0218. The number of nitrogens with one attached hydrogen (secondary N) is 2. The predicted molar refractivity (Wildman–Crippen MR) is 107 cm³/mol. The minimum Gasteiger partial charge on any atom is -0.482 e. The van der Waals surface area contributed by atoms with E-state index in [9.17, 15) is 9.59 Å². The summed E-state index contributed by atoms with van der Waals surface area (Å²) < 4.78 is 11.0. The van der Waals surface area contributed by atoms with Crippen molar-refractivity contribution >= 4 is 40.0 Å². The van der Waals surface area contributed by atoms with E-state index in [1.807, 2.05) is 30.5 Å². The van der Waals surface area contributed by atoms with E-state index < -0.39 is 0 Å². The number of amides is 1. The van der Waals surface area contributed by atoms with Crippen molar-refractivity contribution in [3.05, 3.63) is 54.2 Å². The first-order valence-corrected chi connectivity index (χ1v) is 9.78. The Labute approximate surface area is 168 Å². The van der Waals surface area contributed by atoms with Gasteiger partial charge in [0.05, 0.1) is 17.0 Å². The van der Waals surface area contributed by atoms with E-state index in [0.29, 0.717) is 28.1 Å². The molecule has 144 valence electrons. The maximum Gasteiger partial charge on any atom is 0.277 e. The van der Waals surface area contributed by atoms with Gasteiger partial charge in [-0.05, 0) is 24.3 Å². The van der Waals surface area contributed by atoms with Gasteiger partial charge in [-0.3, -0.25) is 9.59 Å². The molecule has 2 N–H and O–H groups in total. The zero-order valence-electron chi connectivity index (χ0n) is 15.0. The Hall–Kier alpha value is -3.59. The number of carbonyl (C=O) groups is 2. The second kappa shape index (κ2) is 7.10. The van der Waals surface area contributed by atoms with Gasteiger partial charge in [0.25, 0.3) is 17.0 Å². The highest BCUT2D eigenvalue weighted by atomic mass is 32.2. The Morgan fingerprint density at radius 3 is 3.00 bits per heavy atom. The molecule has 0 saturated carbocycles. The van der Waals surface area contributed by atoms with Gasteiger partial charge in [0.15, 0.2) is 12.4 Å². The van der Waals surface area contributed by atoms with Gasteiger partial charge < -0.3 is 19.5 Å². The molecule has 2 aromatic carbocycles. The third kappa shape index (κ3) is 3.36. The van der Waals surface area contributed by atoms with Crippen molar-refractivity contribution < 1.29 is 18.7 Å². The van der Waals surface area contributed by atoms with Crippen molar-refractivity contribution in [3.8, 4) is 17.2 Å². The first-order chi connectivity index (χ1) is 14.2. The largest absolute Gasteiger partial charge is 0.482 e. The first kappa shape index (κ1) is 17.5. The van der Waals surface area contributed by atoms with Crippen LogP contribution >= 0.6 is 11.8 Å². The molecule has 3 heterocycles. The number of hydrogen-bond acceptors (Lipinski definition) is 7. The van der Waals surface area contributed by atoms with Crippen LogP contribution in [0.2, 0.25) is 0 Å². The number of hydrogen-bond donors (Lipinski definition) is 2. The van der Waals surface area contributed by atoms with Crippen molar-refractivity contribution in [3.63, 3.8) is 0 Å². The van der Waals surface area contributed by atoms with Gasteiger partial charge in [-0.25, -0.2) is 0 Å². The summed E-state index contributed by atoms with van der Waals surface area (Å²) in [4.78, 5) is 27.1. The SMILES string of the molecule is O=C1COc2ccc(C(=O)CSc3nnc(-c4c[nH]c5ccccc45)o3)cc2N1. The van der Waals surface area contributed by atoms with Crippen molar-refractivity contribution in [1.82, 2.24) is 15.2 Å². The predicted octanol–water partition coefficient (Wildman–Crippen LogP) is 3.52. The summed E-state index contributed by atoms with van der Waals surface area (Å²) in [7, 11) is 0. The molecule has 0 fully saturated rings. The van der Waals surface area contributed by atoms with Crippen LogP contribution in [-0.4, -0.2) is 39.2 Å². The van der Waals surface area contributed by atoms with Crippen LogP contribution < -0.4 is 10.1 Å². The third-order valence-corrected chi connectivity index (χ3v) is 5.31. The van der Waals surface area contributed by atoms with E-state index >= 15 is 0 Å². The van der Waals surface area contributed by atoms with Crippen LogP contribution in [0.15, 0.2) is 58.3 Å². The number of thioether (sulfide) groups is 1. The second-order valence-electron chi connectivity index (χ2n) is 6.38. The Morgan fingerprint density at radius 2 is 2.07 bits per heavy atom. The summed E-state index contributed by atoms with van der Waals surface area (Å²) in [5.74, 6) is 0.708. The average Bonchev–Trinajstić information content (AvgIpc) is 3.38. The smallest absolute Gasteiger partial charge is 0.277 e. The lowest BCUT2D eigenvalue weighted by Gasteiger charge is -2.18. The highest BCUT2D eigenvalue weighted by molar-refractivity contribution is 7.99. The fraction of sp³-hybridized carbons (Fsp3) is 0.100. The van der Waals surface area contributed by atoms with Gasteiger partial charge in [-0.2, -0.15) is 0 Å². The zero-order valence-corrected chi connectivity index (χ0v) is 15.8. The maximum absolute atomic E-state index is 12.5. The van der Waals surface area contributed by atoms with Crippen molar-refractivity contribution in [2.45, 2.75) is 5.22 Å². The minimum atomic E-state index is -0.243. The van der Waals surface area contributed by atoms with Gasteiger partial charge in [-0.1, -0.05) is 30.0 Å². The number of H-pyrrole nitrogens is 1. The van der Waals surface area contributed by atoms with Crippen LogP contribution in [0.25, 0.3) is 22.4 Å². The molecule has 0 unspecified atom stereocenters. The van der Waals surface area contributed by atoms with Crippen LogP contribution in [0.3, 0.4) is 0 Å². The second-order valence-corrected chi connectivity index (χ2v) is 7.31. The molecular formula is C20H14N4O4S. The molecule has 1 amide bonds. The van der Waals surface area contributed by atoms with E-state index in [2.05, 4.69) is 20.5 Å². The van der Waals surface area contributed by atoms with E-state index in [0.717, 1.165) is 16.5 Å². The fourth-order valence-corrected chi connectivity index (χ4v) is 3.75. The normalized spacial score (nSPS) is 13.0. The molecule has 0 saturated heterocycles. The fourth-order valence-electron chi connectivity index (χ4n) is 3.09. The molecule has 5 rings (SSSR count). The molecule has 2 aromatic heterocycles. The molecule has 9 heteroatoms. The van der Waals surface area contributed by atoms with E-state index in [-0.39, 0.29) is 24.1 Å². The van der Waals surface area contributed by atoms with Gasteiger partial charge >= 0.3 is 0 Å². The molecule has 0 bridgehead atoms. The quantitative estimate of drug-likeness (QED) is 0.385. The standard InChI is InChI=1S/C20H14N4O4S/c25-16(11-5-6-17-15(7-11)22-18(26)9-27-17)10-29-20-24-23-19(28-20)13-8-21-14-4-2-1-3-12(13)14/h1-8,21H,9-10H2,(H,22,26). The number of rotatable bonds is 5. The molecule has 29 heavy (non-hydrogen) atoms. The number of aromatic amines is 1. The third-order valence-electron chi connectivity index (χ3n) is 4.49. The van der Waals surface area contributed by atoms with Gasteiger partial charge in [0, 0.05) is 22.7 Å². The number of ketones is 1. The topological polar surface area (TPSA) is 110 Å². The average molecular weight is 406 g/mol. The number of benzene rings is 2. The summed E-state index contributed by atoms with van der Waals surface area (Å²) in [5, 5.41) is 12.1. The van der Waals surface area contributed by atoms with Crippen LogP contribution in [0.1, 0.15) is 10.4 Å². The summed E-state index contributed by atoms with van der Waals surface area (Å²) in [5.41, 5.74) is 2.76. The van der Waals surface area contributed by atoms with E-state index in [1.54, 1.807) is 18.2 Å². The minimum absolute atomic E-state index is 0.0218. The summed E-state index contributed by atoms with van der Waals surface area (Å²) in [6, 6.07) is 12.8. The van der Waals surface area contributed by atoms with Crippen LogP contribution in [0, 0.1) is 0 Å². The Balaban J connectivity index is 1.29. The monoisotopic (exact) mass is 406 g/mol. The van der Waals surface area contributed by atoms with Crippen molar-refractivity contribution in [2.75, 3.05) is 17.7 Å². The lowest BCUT2D eigenvalue weighted by atomic mass is 10.1. The first-order valence-electron chi connectivity index (χ1n) is 8.80. The van der Waals surface area contributed by atoms with Crippen LogP contribution in [-0.2, 0) is 4.79 Å². The molecule has 0 spiro atoms. The maximum atomic E-state index is 12.5. The number of para-hydroxylation sites is 1. The number of fused-ring (bicyclic) bond motifs is 2. The molecular weight excluding hydrogens is 392 g/mol. The number of nitrogens with zero attached hydrogens (tertiary/aromatic N) is 2. The zero-order chi connectivity index (χ0) is 19.8. The van der Waals surface area contributed by atoms with E-state index in [4.69, 9.17) is 9.15 Å². The Morgan fingerprint density at radius 1 is 1.17 bits per heavy atom. The van der Waals surface area contributed by atoms with Crippen LogP contribution in [0.4, 0.5) is 5.69 Å². The van der Waals surface area contributed by atoms with Gasteiger partial charge in [-0.15, -0.1) is 10.2 Å². The highest BCUT2D eigenvalue weighted by Gasteiger charge is 2.19. The van der Waals surface area contributed by atoms with Crippen molar-refractivity contribution in [2.24, 2.45) is 0 Å². The summed E-state index contributed by atoms with van der Waals surface area (Å²) >= 11 is 1.17. The van der Waals surface area contributed by atoms with Gasteiger partial charge in [0.2, 0.25) is 0 Å². The molecule has 0 atom stereocenters. The number of aromatic nitrogens is 3. The molecule has 8 nitrogen and oxygen atoms in total.